The molecule has 0 bridgehead atoms. The third-order valence-electron chi connectivity index (χ3n) is 3.00. The maximum Gasteiger partial charge on any atom is 0.228 e. The fraction of sp³-hybridized carbons (Fsp3) is 0.429. The zero-order chi connectivity index (χ0) is 15.1. The molecule has 5 nitrogen and oxygen atoms in total. The first-order valence-corrected chi connectivity index (χ1v) is 6.34. The van der Waals surface area contributed by atoms with Crippen molar-refractivity contribution in [2.24, 2.45) is 0 Å². The van der Waals surface area contributed by atoms with Crippen molar-refractivity contribution in [3.8, 4) is 5.75 Å². The van der Waals surface area contributed by atoms with Crippen LogP contribution in [0.1, 0.15) is 18.9 Å². The van der Waals surface area contributed by atoms with Gasteiger partial charge in [0.25, 0.3) is 0 Å². The highest BCUT2D eigenvalue weighted by molar-refractivity contribution is 5.86. The summed E-state index contributed by atoms with van der Waals surface area (Å²) in [4.78, 5) is 23.1. The number of carbonyl (C=O) groups is 2. The van der Waals surface area contributed by atoms with E-state index in [1.54, 1.807) is 11.9 Å². The van der Waals surface area contributed by atoms with Crippen molar-refractivity contribution in [1.82, 2.24) is 5.32 Å². The number of amides is 2. The fourth-order valence-electron chi connectivity index (χ4n) is 1.85. The molecule has 6 heteroatoms. The van der Waals surface area contributed by atoms with Gasteiger partial charge in [-0.2, -0.15) is 0 Å². The molecule has 1 aromatic carbocycles. The van der Waals surface area contributed by atoms with Gasteiger partial charge in [0.15, 0.2) is 11.6 Å². The Kier molecular flexibility index (Phi) is 5.96. The summed E-state index contributed by atoms with van der Waals surface area (Å²) in [5.74, 6) is -0.649. The van der Waals surface area contributed by atoms with E-state index in [-0.39, 0.29) is 18.1 Å². The molecule has 0 fully saturated rings. The van der Waals surface area contributed by atoms with Crippen molar-refractivity contribution in [2.75, 3.05) is 25.6 Å². The molecular formula is C14H19FN2O3. The minimum atomic E-state index is -0.425. The summed E-state index contributed by atoms with van der Waals surface area (Å²) in [7, 11) is 3.14. The number of aryl methyl sites for hydroxylation is 1. The van der Waals surface area contributed by atoms with E-state index in [9.17, 15) is 14.0 Å². The first-order valence-electron chi connectivity index (χ1n) is 6.34. The standard InChI is InChI=1S/C14H19FN2O3/c1-4-10-7-11(15)14(20-3)12(8-10)17(2)6-5-13(19)16-9-18/h7-9H,4-6H2,1-3H3,(H,16,18,19). The Morgan fingerprint density at radius 2 is 2.20 bits per heavy atom. The SMILES string of the molecule is CCc1cc(F)c(OC)c(N(C)CCC(=O)NC=O)c1. The Morgan fingerprint density at radius 3 is 2.75 bits per heavy atom. The third kappa shape index (κ3) is 3.94. The normalized spacial score (nSPS) is 10.0. The van der Waals surface area contributed by atoms with Crippen LogP contribution in [0.15, 0.2) is 12.1 Å². The largest absolute Gasteiger partial charge is 0.492 e. The number of hydrogen-bond acceptors (Lipinski definition) is 4. The average molecular weight is 282 g/mol. The number of halogens is 1. The number of carbonyl (C=O) groups excluding carboxylic acids is 2. The molecule has 20 heavy (non-hydrogen) atoms. The molecule has 0 aliphatic heterocycles. The van der Waals surface area contributed by atoms with Gasteiger partial charge in [-0.3, -0.25) is 14.9 Å². The number of methoxy groups -OCH3 is 1. The molecule has 0 radical (unpaired) electrons. The number of ether oxygens (including phenoxy) is 1. The van der Waals surface area contributed by atoms with Crippen LogP contribution in [0.4, 0.5) is 10.1 Å². The van der Waals surface area contributed by atoms with E-state index in [1.807, 2.05) is 13.0 Å². The van der Waals surface area contributed by atoms with E-state index >= 15 is 0 Å². The van der Waals surface area contributed by atoms with E-state index in [0.717, 1.165) is 5.56 Å². The number of benzene rings is 1. The molecule has 0 heterocycles. The van der Waals surface area contributed by atoms with Gasteiger partial charge in [-0.1, -0.05) is 6.92 Å². The predicted molar refractivity (Wildman–Crippen MR) is 74.4 cm³/mol. The van der Waals surface area contributed by atoms with Gasteiger partial charge >= 0.3 is 0 Å². The average Bonchev–Trinajstić information content (AvgIpc) is 2.44. The summed E-state index contributed by atoms with van der Waals surface area (Å²) in [6, 6.07) is 3.27. The van der Waals surface area contributed by atoms with Crippen molar-refractivity contribution in [2.45, 2.75) is 19.8 Å². The molecule has 2 amide bonds. The number of nitrogens with zero attached hydrogens (tertiary/aromatic N) is 1. The van der Waals surface area contributed by atoms with Gasteiger partial charge in [0.05, 0.1) is 12.8 Å². The Labute approximate surface area is 117 Å². The van der Waals surface area contributed by atoms with Gasteiger partial charge in [0, 0.05) is 20.0 Å². The van der Waals surface area contributed by atoms with E-state index in [4.69, 9.17) is 4.74 Å². The van der Waals surface area contributed by atoms with Crippen LogP contribution in [0.5, 0.6) is 5.75 Å². The van der Waals surface area contributed by atoms with Gasteiger partial charge in [-0.25, -0.2) is 4.39 Å². The van der Waals surface area contributed by atoms with Gasteiger partial charge in [0.1, 0.15) is 0 Å². The zero-order valence-electron chi connectivity index (χ0n) is 11.9. The predicted octanol–water partition coefficient (Wildman–Crippen LogP) is 1.50. The molecule has 0 aromatic heterocycles. The maximum absolute atomic E-state index is 13.9. The Morgan fingerprint density at radius 1 is 1.50 bits per heavy atom. The van der Waals surface area contributed by atoms with Crippen molar-refractivity contribution in [3.05, 3.63) is 23.5 Å². The second-order valence-electron chi connectivity index (χ2n) is 4.34. The lowest BCUT2D eigenvalue weighted by Crippen LogP contribution is -2.28. The smallest absolute Gasteiger partial charge is 0.228 e. The highest BCUT2D eigenvalue weighted by atomic mass is 19.1. The van der Waals surface area contributed by atoms with E-state index in [1.165, 1.54) is 13.2 Å². The highest BCUT2D eigenvalue weighted by Crippen LogP contribution is 2.32. The highest BCUT2D eigenvalue weighted by Gasteiger charge is 2.15. The van der Waals surface area contributed by atoms with Crippen LogP contribution in [0.3, 0.4) is 0 Å². The van der Waals surface area contributed by atoms with E-state index < -0.39 is 5.82 Å². The van der Waals surface area contributed by atoms with Crippen LogP contribution in [0, 0.1) is 5.82 Å². The quantitative estimate of drug-likeness (QED) is 0.770. The molecule has 0 aliphatic rings. The van der Waals surface area contributed by atoms with Crippen LogP contribution in [-0.2, 0) is 16.0 Å². The zero-order valence-corrected chi connectivity index (χ0v) is 11.9. The van der Waals surface area contributed by atoms with Crippen LogP contribution >= 0.6 is 0 Å². The molecule has 0 aliphatic carbocycles. The minimum Gasteiger partial charge on any atom is -0.492 e. The second-order valence-corrected chi connectivity index (χ2v) is 4.34. The summed E-state index contributed by atoms with van der Waals surface area (Å²) < 4.78 is 19.0. The molecule has 1 rings (SSSR count). The second kappa shape index (κ2) is 7.47. The lowest BCUT2D eigenvalue weighted by Gasteiger charge is -2.22. The first kappa shape index (κ1) is 15.9. The van der Waals surface area contributed by atoms with Gasteiger partial charge in [0.2, 0.25) is 12.3 Å². The fourth-order valence-corrected chi connectivity index (χ4v) is 1.85. The molecule has 1 aromatic rings. The van der Waals surface area contributed by atoms with Crippen molar-refractivity contribution in [1.29, 1.82) is 0 Å². The lowest BCUT2D eigenvalue weighted by molar-refractivity contribution is -0.125. The van der Waals surface area contributed by atoms with E-state index in [0.29, 0.717) is 25.1 Å². The Bertz CT molecular complexity index is 492. The number of anilines is 1. The number of rotatable bonds is 7. The third-order valence-corrected chi connectivity index (χ3v) is 3.00. The molecule has 1 N–H and O–H groups in total. The molecule has 0 saturated carbocycles. The summed E-state index contributed by atoms with van der Waals surface area (Å²) in [5.41, 5.74) is 1.44. The Hall–Kier alpha value is -2.11. The van der Waals surface area contributed by atoms with Crippen LogP contribution in [0.25, 0.3) is 0 Å². The van der Waals surface area contributed by atoms with Crippen molar-refractivity contribution >= 4 is 18.0 Å². The summed E-state index contributed by atoms with van der Waals surface area (Å²) in [6.07, 6.45) is 1.18. The van der Waals surface area contributed by atoms with E-state index in [2.05, 4.69) is 5.32 Å². The molecular weight excluding hydrogens is 263 g/mol. The van der Waals surface area contributed by atoms with Crippen molar-refractivity contribution < 1.29 is 18.7 Å². The summed E-state index contributed by atoms with van der Waals surface area (Å²) in [5, 5.41) is 2.06. The molecule has 0 saturated heterocycles. The monoisotopic (exact) mass is 282 g/mol. The Balaban J connectivity index is 2.90. The topological polar surface area (TPSA) is 58.6 Å². The van der Waals surface area contributed by atoms with Crippen LogP contribution in [0.2, 0.25) is 0 Å². The maximum atomic E-state index is 13.9. The molecule has 110 valence electrons. The summed E-state index contributed by atoms with van der Waals surface area (Å²) >= 11 is 0. The molecule has 0 atom stereocenters. The number of hydrogen-bond donors (Lipinski definition) is 1. The number of nitrogens with one attached hydrogen (secondary N) is 1. The molecule has 0 unspecified atom stereocenters. The van der Waals surface area contributed by atoms with Gasteiger partial charge in [-0.05, 0) is 24.1 Å². The van der Waals surface area contributed by atoms with Crippen LogP contribution in [-0.4, -0.2) is 33.0 Å². The minimum absolute atomic E-state index is 0.135. The van der Waals surface area contributed by atoms with Gasteiger partial charge in [-0.15, -0.1) is 0 Å². The summed E-state index contributed by atoms with van der Waals surface area (Å²) in [6.45, 7) is 2.28. The van der Waals surface area contributed by atoms with Crippen molar-refractivity contribution in [3.63, 3.8) is 0 Å². The van der Waals surface area contributed by atoms with Crippen LogP contribution < -0.4 is 15.0 Å². The number of imide groups is 1. The lowest BCUT2D eigenvalue weighted by atomic mass is 10.1. The molecule has 0 spiro atoms. The van der Waals surface area contributed by atoms with Gasteiger partial charge < -0.3 is 9.64 Å². The first-order chi connectivity index (χ1) is 9.53.